The van der Waals surface area contributed by atoms with Crippen molar-refractivity contribution >= 4 is 29.1 Å². The molecule has 0 aromatic heterocycles. The van der Waals surface area contributed by atoms with Gasteiger partial charge in [0.2, 0.25) is 5.91 Å². The Labute approximate surface area is 164 Å². The lowest BCUT2D eigenvalue weighted by atomic mass is 9.90. The fourth-order valence-corrected chi connectivity index (χ4v) is 4.02. The minimum atomic E-state index is -0.270. The van der Waals surface area contributed by atoms with Gasteiger partial charge in [-0.25, -0.2) is 0 Å². The molecule has 3 rings (SSSR count). The zero-order chi connectivity index (χ0) is 18.7. The quantitative estimate of drug-likeness (QED) is 0.641. The zero-order valence-electron chi connectivity index (χ0n) is 15.0. The zero-order valence-corrected chi connectivity index (χ0v) is 16.5. The molecule has 0 saturated carbocycles. The van der Waals surface area contributed by atoms with Crippen molar-refractivity contribution in [1.82, 2.24) is 4.90 Å². The van der Waals surface area contributed by atoms with Crippen LogP contribution in [0.3, 0.4) is 0 Å². The first-order valence-electron chi connectivity index (χ1n) is 8.98. The number of rotatable bonds is 5. The largest absolute Gasteiger partial charge is 0.361 e. The van der Waals surface area contributed by atoms with E-state index in [4.69, 9.17) is 27.9 Å². The van der Waals surface area contributed by atoms with Gasteiger partial charge < -0.3 is 9.64 Å². The highest BCUT2D eigenvalue weighted by Crippen LogP contribution is 2.42. The molecule has 0 spiro atoms. The lowest BCUT2D eigenvalue weighted by molar-refractivity contribution is -0.163. The smallest absolute Gasteiger partial charge is 0.249 e. The minimum Gasteiger partial charge on any atom is -0.361 e. The summed E-state index contributed by atoms with van der Waals surface area (Å²) in [4.78, 5) is 14.8. The Morgan fingerprint density at radius 3 is 2.35 bits per heavy atom. The van der Waals surface area contributed by atoms with Gasteiger partial charge in [0.1, 0.15) is 12.7 Å². The normalized spacial score (nSPS) is 20.7. The van der Waals surface area contributed by atoms with Crippen molar-refractivity contribution in [1.29, 1.82) is 0 Å². The highest BCUT2D eigenvalue weighted by atomic mass is 35.5. The summed E-state index contributed by atoms with van der Waals surface area (Å²) in [5.74, 6) is 0.0249. The number of nitrogens with zero attached hydrogens (tertiary/aromatic N) is 1. The molecule has 0 radical (unpaired) electrons. The van der Waals surface area contributed by atoms with Gasteiger partial charge >= 0.3 is 0 Å². The van der Waals surface area contributed by atoms with Gasteiger partial charge in [0, 0.05) is 16.1 Å². The van der Waals surface area contributed by atoms with Gasteiger partial charge in [-0.2, -0.15) is 0 Å². The summed E-state index contributed by atoms with van der Waals surface area (Å²) in [5, 5.41) is 1.33. The maximum absolute atomic E-state index is 12.8. The van der Waals surface area contributed by atoms with Crippen molar-refractivity contribution in [2.75, 3.05) is 6.61 Å². The summed E-state index contributed by atoms with van der Waals surface area (Å²) in [6.45, 7) is 4.31. The number of benzene rings is 2. The van der Waals surface area contributed by atoms with E-state index in [1.165, 1.54) is 0 Å². The van der Waals surface area contributed by atoms with Crippen molar-refractivity contribution in [2.45, 2.75) is 44.9 Å². The molecule has 1 amide bonds. The molecular formula is C21H23Cl2NO2. The van der Waals surface area contributed by atoms with Crippen LogP contribution in [0.15, 0.2) is 48.5 Å². The molecule has 0 bridgehead atoms. The first kappa shape index (κ1) is 19.2. The van der Waals surface area contributed by atoms with Crippen LogP contribution in [0.1, 0.15) is 50.0 Å². The van der Waals surface area contributed by atoms with Crippen LogP contribution < -0.4 is 0 Å². The maximum atomic E-state index is 12.8. The van der Waals surface area contributed by atoms with E-state index in [2.05, 4.69) is 13.8 Å². The highest BCUT2D eigenvalue weighted by Gasteiger charge is 2.41. The summed E-state index contributed by atoms with van der Waals surface area (Å²) in [6, 6.07) is 15.3. The number of amides is 1. The summed E-state index contributed by atoms with van der Waals surface area (Å²) < 4.78 is 6.02. The second-order valence-corrected chi connectivity index (χ2v) is 7.43. The fourth-order valence-electron chi connectivity index (χ4n) is 3.70. The lowest BCUT2D eigenvalue weighted by Gasteiger charge is -2.45. The van der Waals surface area contributed by atoms with E-state index in [1.54, 1.807) is 0 Å². The molecule has 1 saturated heterocycles. The van der Waals surface area contributed by atoms with Crippen molar-refractivity contribution in [3.63, 3.8) is 0 Å². The molecule has 1 heterocycles. The van der Waals surface area contributed by atoms with Crippen LogP contribution in [0.4, 0.5) is 0 Å². The molecule has 1 aliphatic rings. The molecule has 3 nitrogen and oxygen atoms in total. The van der Waals surface area contributed by atoms with Gasteiger partial charge in [0.25, 0.3) is 0 Å². The lowest BCUT2D eigenvalue weighted by Crippen LogP contribution is -2.50. The van der Waals surface area contributed by atoms with Crippen molar-refractivity contribution in [2.24, 2.45) is 0 Å². The monoisotopic (exact) mass is 391 g/mol. The number of carbonyl (C=O) groups excluding carboxylic acids is 1. The van der Waals surface area contributed by atoms with Crippen molar-refractivity contribution in [3.8, 4) is 0 Å². The van der Waals surface area contributed by atoms with E-state index in [1.807, 2.05) is 53.4 Å². The third kappa shape index (κ3) is 3.90. The molecular weight excluding hydrogens is 369 g/mol. The Morgan fingerprint density at radius 2 is 1.73 bits per heavy atom. The minimum absolute atomic E-state index is 0.0249. The molecule has 0 aliphatic carbocycles. The van der Waals surface area contributed by atoms with Crippen LogP contribution >= 0.6 is 23.2 Å². The van der Waals surface area contributed by atoms with Gasteiger partial charge in [-0.3, -0.25) is 4.79 Å². The van der Waals surface area contributed by atoms with Crippen molar-refractivity contribution in [3.05, 3.63) is 69.7 Å². The molecule has 5 heteroatoms. The van der Waals surface area contributed by atoms with E-state index in [-0.39, 0.29) is 30.7 Å². The Kier molecular flexibility index (Phi) is 6.23. The highest BCUT2D eigenvalue weighted by molar-refractivity contribution is 6.30. The molecule has 2 aromatic carbocycles. The molecule has 26 heavy (non-hydrogen) atoms. The van der Waals surface area contributed by atoms with Crippen LogP contribution in [0.5, 0.6) is 0 Å². The molecule has 0 unspecified atom stereocenters. The first-order chi connectivity index (χ1) is 12.5. The molecule has 138 valence electrons. The first-order valence-corrected chi connectivity index (χ1v) is 9.74. The topological polar surface area (TPSA) is 29.5 Å². The van der Waals surface area contributed by atoms with Crippen LogP contribution in [0.2, 0.25) is 10.0 Å². The third-order valence-corrected chi connectivity index (χ3v) is 5.47. The summed E-state index contributed by atoms with van der Waals surface area (Å²) >= 11 is 12.3. The summed E-state index contributed by atoms with van der Waals surface area (Å²) in [5.41, 5.74) is 1.99. The third-order valence-electron chi connectivity index (χ3n) is 4.99. The standard InChI is InChI=1S/C21H23Cl2NO2/c1-3-18(4-2)24-19(25)13-26-21(15-6-5-7-17(23)12-15)20(24)14-8-10-16(22)11-9-14/h5-12,18,20-21H,3-4,13H2,1-2H3/t20-,21+/m0/s1. The summed E-state index contributed by atoms with van der Waals surface area (Å²) in [6.07, 6.45) is 1.52. The Balaban J connectivity index is 2.09. The Hall–Kier alpha value is -1.55. The second kappa shape index (κ2) is 8.43. The van der Waals surface area contributed by atoms with E-state index in [0.29, 0.717) is 10.0 Å². The van der Waals surface area contributed by atoms with E-state index in [0.717, 1.165) is 24.0 Å². The van der Waals surface area contributed by atoms with E-state index in [9.17, 15) is 4.79 Å². The number of hydrogen-bond acceptors (Lipinski definition) is 2. The van der Waals surface area contributed by atoms with Crippen LogP contribution in [0, 0.1) is 0 Å². The fraction of sp³-hybridized carbons (Fsp3) is 0.381. The van der Waals surface area contributed by atoms with Gasteiger partial charge in [0.05, 0.1) is 6.04 Å². The number of carbonyl (C=O) groups is 1. The molecule has 0 N–H and O–H groups in total. The van der Waals surface area contributed by atoms with Crippen LogP contribution in [0.25, 0.3) is 0 Å². The Bertz CT molecular complexity index is 759. The number of halogens is 2. The van der Waals surface area contributed by atoms with Crippen LogP contribution in [-0.2, 0) is 9.53 Å². The molecule has 1 fully saturated rings. The van der Waals surface area contributed by atoms with E-state index >= 15 is 0 Å². The van der Waals surface area contributed by atoms with Crippen molar-refractivity contribution < 1.29 is 9.53 Å². The predicted octanol–water partition coefficient (Wildman–Crippen LogP) is 5.82. The molecule has 1 aliphatic heterocycles. The average Bonchev–Trinajstić information content (AvgIpc) is 2.64. The Morgan fingerprint density at radius 1 is 1.04 bits per heavy atom. The number of ether oxygens (including phenoxy) is 1. The summed E-state index contributed by atoms with van der Waals surface area (Å²) in [7, 11) is 0. The number of morpholine rings is 1. The van der Waals surface area contributed by atoms with Gasteiger partial charge in [-0.05, 0) is 48.2 Å². The van der Waals surface area contributed by atoms with Gasteiger partial charge in [-0.1, -0.05) is 61.3 Å². The second-order valence-electron chi connectivity index (χ2n) is 6.55. The SMILES string of the molecule is CCC(CC)N1C(=O)CO[C@H](c2cccc(Cl)c2)[C@@H]1c1ccc(Cl)cc1. The molecule has 2 aromatic rings. The van der Waals surface area contributed by atoms with Gasteiger partial charge in [-0.15, -0.1) is 0 Å². The average molecular weight is 392 g/mol. The number of hydrogen-bond donors (Lipinski definition) is 0. The van der Waals surface area contributed by atoms with Crippen LogP contribution in [-0.4, -0.2) is 23.5 Å². The maximum Gasteiger partial charge on any atom is 0.249 e. The van der Waals surface area contributed by atoms with Gasteiger partial charge in [0.15, 0.2) is 0 Å². The predicted molar refractivity (Wildman–Crippen MR) is 106 cm³/mol. The molecule has 2 atom stereocenters. The van der Waals surface area contributed by atoms with E-state index < -0.39 is 0 Å².